The molecule has 1 aromatic carbocycles. The Morgan fingerprint density at radius 1 is 1.03 bits per heavy atom. The van der Waals surface area contributed by atoms with E-state index in [2.05, 4.69) is 51.5 Å². The topological polar surface area (TPSA) is 79.1 Å². The second kappa shape index (κ2) is 11.2. The van der Waals surface area contributed by atoms with Crippen molar-refractivity contribution in [3.05, 3.63) is 18.2 Å². The van der Waals surface area contributed by atoms with Crippen LogP contribution < -0.4 is 16.4 Å². The van der Waals surface area contributed by atoms with Crippen molar-refractivity contribution in [1.82, 2.24) is 14.9 Å². The minimum Gasteiger partial charge on any atom is -0.382 e. The molecule has 1 aliphatic rings. The highest BCUT2D eigenvalue weighted by Gasteiger charge is 2.14. The first kappa shape index (κ1) is 21.6. The van der Waals surface area contributed by atoms with E-state index in [4.69, 9.17) is 5.73 Å². The molecule has 2 aromatic rings. The number of hydrogen-bond acceptors (Lipinski definition) is 6. The van der Waals surface area contributed by atoms with Gasteiger partial charge in [-0.2, -0.15) is 4.98 Å². The molecule has 1 aromatic heterocycles. The summed E-state index contributed by atoms with van der Waals surface area (Å²) in [5, 5.41) is 8.25. The van der Waals surface area contributed by atoms with Crippen molar-refractivity contribution in [3.8, 4) is 0 Å². The van der Waals surface area contributed by atoms with Crippen LogP contribution >= 0.6 is 0 Å². The number of unbranched alkanes of at least 4 members (excludes halogenated alkanes) is 2. The molecule has 4 N–H and O–H groups in total. The summed E-state index contributed by atoms with van der Waals surface area (Å²) in [4.78, 5) is 11.4. The summed E-state index contributed by atoms with van der Waals surface area (Å²) in [6.45, 7) is 8.83. The van der Waals surface area contributed by atoms with E-state index in [1.54, 1.807) is 0 Å². The van der Waals surface area contributed by atoms with Gasteiger partial charge in [-0.15, -0.1) is 0 Å². The van der Waals surface area contributed by atoms with E-state index in [0.717, 1.165) is 48.5 Å². The average Bonchev–Trinajstić information content (AvgIpc) is 2.74. The second-order valence-corrected chi connectivity index (χ2v) is 8.16. The monoisotopic (exact) mass is 398 g/mol. The summed E-state index contributed by atoms with van der Waals surface area (Å²) < 4.78 is 0. The Kier molecular flexibility index (Phi) is 8.35. The maximum absolute atomic E-state index is 5.94. The molecule has 1 aliphatic carbocycles. The van der Waals surface area contributed by atoms with Gasteiger partial charge in [0.05, 0.1) is 5.52 Å². The van der Waals surface area contributed by atoms with Crippen LogP contribution in [0.4, 0.5) is 17.5 Å². The third-order valence-corrected chi connectivity index (χ3v) is 6.03. The molecule has 0 saturated heterocycles. The Labute approximate surface area is 175 Å². The number of rotatable bonds is 11. The van der Waals surface area contributed by atoms with Crippen LogP contribution in [-0.4, -0.2) is 47.1 Å². The lowest BCUT2D eigenvalue weighted by atomic mass is 9.95. The molecule has 1 saturated carbocycles. The van der Waals surface area contributed by atoms with E-state index in [1.165, 1.54) is 51.5 Å². The molecule has 29 heavy (non-hydrogen) atoms. The lowest BCUT2D eigenvalue weighted by Gasteiger charge is -2.24. The van der Waals surface area contributed by atoms with Gasteiger partial charge < -0.3 is 21.3 Å². The number of benzene rings is 1. The number of nitrogens with one attached hydrogen (secondary N) is 2. The van der Waals surface area contributed by atoms with Gasteiger partial charge in [-0.25, -0.2) is 4.98 Å². The van der Waals surface area contributed by atoms with E-state index in [0.29, 0.717) is 12.0 Å². The fourth-order valence-electron chi connectivity index (χ4n) is 4.24. The lowest BCUT2D eigenvalue weighted by molar-refractivity contribution is 0.296. The molecule has 0 unspecified atom stereocenters. The maximum atomic E-state index is 5.94. The van der Waals surface area contributed by atoms with Crippen LogP contribution in [0.1, 0.15) is 65.2 Å². The number of fused-ring (bicyclic) bond motifs is 1. The van der Waals surface area contributed by atoms with E-state index in [-0.39, 0.29) is 0 Å². The molecule has 160 valence electrons. The Hall–Kier alpha value is -2.08. The van der Waals surface area contributed by atoms with Crippen LogP contribution in [0.5, 0.6) is 0 Å². The van der Waals surface area contributed by atoms with Crippen molar-refractivity contribution in [2.45, 2.75) is 71.3 Å². The summed E-state index contributed by atoms with van der Waals surface area (Å²) in [7, 11) is 0. The van der Waals surface area contributed by atoms with Gasteiger partial charge in [0.1, 0.15) is 5.82 Å². The van der Waals surface area contributed by atoms with Crippen LogP contribution in [-0.2, 0) is 0 Å². The fourth-order valence-corrected chi connectivity index (χ4v) is 4.24. The van der Waals surface area contributed by atoms with Crippen LogP contribution in [0.15, 0.2) is 18.2 Å². The van der Waals surface area contributed by atoms with Gasteiger partial charge in [0.2, 0.25) is 5.95 Å². The minimum atomic E-state index is 0.328. The number of nitrogen functional groups attached to an aromatic ring is 1. The summed E-state index contributed by atoms with van der Waals surface area (Å²) in [6.07, 6.45) is 10.1. The summed E-state index contributed by atoms with van der Waals surface area (Å²) >= 11 is 0. The van der Waals surface area contributed by atoms with Crippen molar-refractivity contribution < 1.29 is 0 Å². The van der Waals surface area contributed by atoms with Gasteiger partial charge in [0.15, 0.2) is 0 Å². The van der Waals surface area contributed by atoms with Gasteiger partial charge in [-0.3, -0.25) is 0 Å². The molecule has 6 heteroatoms. The highest BCUT2D eigenvalue weighted by atomic mass is 15.1. The highest BCUT2D eigenvalue weighted by Crippen LogP contribution is 2.27. The molecule has 0 amide bonds. The molecule has 6 nitrogen and oxygen atoms in total. The Morgan fingerprint density at radius 3 is 2.59 bits per heavy atom. The first-order valence-electron chi connectivity index (χ1n) is 11.5. The average molecular weight is 399 g/mol. The summed E-state index contributed by atoms with van der Waals surface area (Å²) in [5.41, 5.74) is 8.00. The quantitative estimate of drug-likeness (QED) is 0.468. The Balaban J connectivity index is 1.58. The SMILES string of the molecule is CCN(CC)CCCCCNc1nc(N)nc2ccc(NC3CCCCC3)cc12. The highest BCUT2D eigenvalue weighted by molar-refractivity contribution is 5.92. The predicted molar refractivity (Wildman–Crippen MR) is 125 cm³/mol. The van der Waals surface area contributed by atoms with E-state index >= 15 is 0 Å². The number of nitrogens with two attached hydrogens (primary N) is 1. The summed E-state index contributed by atoms with van der Waals surface area (Å²) in [5.74, 6) is 1.18. The predicted octanol–water partition coefficient (Wildman–Crippen LogP) is 4.88. The number of hydrogen-bond donors (Lipinski definition) is 3. The van der Waals surface area contributed by atoms with Crippen molar-refractivity contribution in [3.63, 3.8) is 0 Å². The van der Waals surface area contributed by atoms with E-state index in [1.807, 2.05) is 6.07 Å². The van der Waals surface area contributed by atoms with Crippen molar-refractivity contribution in [1.29, 1.82) is 0 Å². The zero-order chi connectivity index (χ0) is 20.5. The molecular formula is C23H38N6. The third kappa shape index (κ3) is 6.46. The van der Waals surface area contributed by atoms with Gasteiger partial charge >= 0.3 is 0 Å². The molecule has 0 atom stereocenters. The van der Waals surface area contributed by atoms with E-state index < -0.39 is 0 Å². The first-order chi connectivity index (χ1) is 14.2. The standard InChI is InChI=1S/C23H38N6/c1-3-29(4-2)16-10-6-9-15-25-22-20-17-19(26-18-11-7-5-8-12-18)13-14-21(20)27-23(24)28-22/h13-14,17-18,26H,3-12,15-16H2,1-2H3,(H3,24,25,27,28). The number of anilines is 3. The number of nitrogens with zero attached hydrogens (tertiary/aromatic N) is 3. The van der Waals surface area contributed by atoms with Crippen LogP contribution in [0.2, 0.25) is 0 Å². The smallest absolute Gasteiger partial charge is 0.222 e. The molecular weight excluding hydrogens is 360 g/mol. The zero-order valence-electron chi connectivity index (χ0n) is 18.2. The largest absolute Gasteiger partial charge is 0.382 e. The molecule has 0 bridgehead atoms. The van der Waals surface area contributed by atoms with Crippen LogP contribution in [0, 0.1) is 0 Å². The zero-order valence-corrected chi connectivity index (χ0v) is 18.2. The fraction of sp³-hybridized carbons (Fsp3) is 0.652. The summed E-state index contributed by atoms with van der Waals surface area (Å²) in [6, 6.07) is 6.92. The van der Waals surface area contributed by atoms with E-state index in [9.17, 15) is 0 Å². The molecule has 0 radical (unpaired) electrons. The maximum Gasteiger partial charge on any atom is 0.222 e. The molecule has 1 heterocycles. The molecule has 3 rings (SSSR count). The molecule has 0 spiro atoms. The van der Waals surface area contributed by atoms with Gasteiger partial charge in [0.25, 0.3) is 0 Å². The Bertz CT molecular complexity index is 752. The van der Waals surface area contributed by atoms with Crippen molar-refractivity contribution in [2.24, 2.45) is 0 Å². The molecule has 1 fully saturated rings. The molecule has 0 aliphatic heterocycles. The van der Waals surface area contributed by atoms with Crippen LogP contribution in [0.3, 0.4) is 0 Å². The Morgan fingerprint density at radius 2 is 1.83 bits per heavy atom. The van der Waals surface area contributed by atoms with Crippen molar-refractivity contribution >= 4 is 28.4 Å². The first-order valence-corrected chi connectivity index (χ1v) is 11.5. The van der Waals surface area contributed by atoms with Gasteiger partial charge in [0, 0.05) is 23.7 Å². The van der Waals surface area contributed by atoms with Crippen molar-refractivity contribution in [2.75, 3.05) is 42.5 Å². The van der Waals surface area contributed by atoms with Gasteiger partial charge in [-0.05, 0) is 63.5 Å². The number of aromatic nitrogens is 2. The van der Waals surface area contributed by atoms with Gasteiger partial charge in [-0.1, -0.05) is 39.5 Å². The second-order valence-electron chi connectivity index (χ2n) is 8.16. The normalized spacial score (nSPS) is 15.1. The third-order valence-electron chi connectivity index (χ3n) is 6.03. The van der Waals surface area contributed by atoms with Crippen LogP contribution in [0.25, 0.3) is 10.9 Å². The minimum absolute atomic E-state index is 0.328. The lowest BCUT2D eigenvalue weighted by Crippen LogP contribution is -2.24.